The summed E-state index contributed by atoms with van der Waals surface area (Å²) >= 11 is 1.57. The normalized spacial score (nSPS) is 19.7. The Morgan fingerprint density at radius 1 is 1.58 bits per heavy atom. The van der Waals surface area contributed by atoms with Crippen LogP contribution >= 0.6 is 11.8 Å². The lowest BCUT2D eigenvalue weighted by molar-refractivity contribution is -0.124. The second-order valence-electron chi connectivity index (χ2n) is 5.28. The van der Waals surface area contributed by atoms with Crippen LogP contribution in [0.15, 0.2) is 23.6 Å². The van der Waals surface area contributed by atoms with Crippen LogP contribution in [-0.2, 0) is 4.79 Å². The Morgan fingerprint density at radius 2 is 2.21 bits per heavy atom. The quantitative estimate of drug-likeness (QED) is 0.582. The average Bonchev–Trinajstić information content (AvgIpc) is 3.13. The molecule has 1 aromatic rings. The van der Waals surface area contributed by atoms with E-state index in [-0.39, 0.29) is 11.2 Å². The maximum Gasteiger partial charge on any atom is 0.237 e. The lowest BCUT2D eigenvalue weighted by Crippen LogP contribution is -2.55. The summed E-state index contributed by atoms with van der Waals surface area (Å²) < 4.78 is 0. The number of thioether (sulfide) groups is 1. The van der Waals surface area contributed by atoms with Gasteiger partial charge in [-0.3, -0.25) is 4.79 Å². The van der Waals surface area contributed by atoms with Crippen molar-refractivity contribution >= 4 is 17.7 Å². The van der Waals surface area contributed by atoms with E-state index in [4.69, 9.17) is 5.73 Å². The van der Waals surface area contributed by atoms with Crippen molar-refractivity contribution in [3.63, 3.8) is 0 Å². The molecule has 2 unspecified atom stereocenters. The van der Waals surface area contributed by atoms with Crippen molar-refractivity contribution in [3.05, 3.63) is 18.5 Å². The van der Waals surface area contributed by atoms with Crippen LogP contribution < -0.4 is 11.1 Å². The summed E-state index contributed by atoms with van der Waals surface area (Å²) in [4.78, 5) is 20.1. The van der Waals surface area contributed by atoms with E-state index >= 15 is 0 Å². The van der Waals surface area contributed by atoms with Crippen molar-refractivity contribution in [2.75, 3.05) is 0 Å². The first kappa shape index (κ1) is 14.3. The number of nitrogens with zero attached hydrogens (tertiary/aromatic N) is 2. The second-order valence-corrected chi connectivity index (χ2v) is 6.68. The predicted molar refractivity (Wildman–Crippen MR) is 75.7 cm³/mol. The molecule has 1 aliphatic carbocycles. The third kappa shape index (κ3) is 4.18. The average molecular weight is 280 g/mol. The van der Waals surface area contributed by atoms with Crippen molar-refractivity contribution in [2.24, 2.45) is 5.73 Å². The Kier molecular flexibility index (Phi) is 4.42. The van der Waals surface area contributed by atoms with Crippen LogP contribution in [0, 0.1) is 0 Å². The Hall–Kier alpha value is -1.14. The van der Waals surface area contributed by atoms with E-state index < -0.39 is 5.54 Å². The van der Waals surface area contributed by atoms with Gasteiger partial charge in [-0.1, -0.05) is 18.7 Å². The molecule has 1 saturated carbocycles. The number of nitrogens with one attached hydrogen (secondary N) is 1. The van der Waals surface area contributed by atoms with Crippen LogP contribution in [0.3, 0.4) is 0 Å². The van der Waals surface area contributed by atoms with Crippen LogP contribution in [0.4, 0.5) is 0 Å². The lowest BCUT2D eigenvalue weighted by Gasteiger charge is -2.30. The van der Waals surface area contributed by atoms with E-state index in [0.29, 0.717) is 12.5 Å². The van der Waals surface area contributed by atoms with Crippen LogP contribution in [0.5, 0.6) is 0 Å². The van der Waals surface area contributed by atoms with Crippen molar-refractivity contribution in [1.29, 1.82) is 0 Å². The third-order valence-corrected chi connectivity index (χ3v) is 4.18. The molecular formula is C13H20N4OS. The molecule has 1 aromatic heterocycles. The second kappa shape index (κ2) is 5.88. The van der Waals surface area contributed by atoms with Crippen molar-refractivity contribution in [1.82, 2.24) is 15.3 Å². The van der Waals surface area contributed by atoms with Gasteiger partial charge in [-0.05, 0) is 32.3 Å². The Labute approximate surface area is 117 Å². The molecule has 104 valence electrons. The molecule has 1 heterocycles. The van der Waals surface area contributed by atoms with Gasteiger partial charge in [0.05, 0.1) is 5.54 Å². The number of primary amides is 1. The lowest BCUT2D eigenvalue weighted by atomic mass is 9.95. The Morgan fingerprint density at radius 3 is 2.74 bits per heavy atom. The number of carbonyl (C=O) groups excluding carboxylic acids is 1. The first-order valence-electron chi connectivity index (χ1n) is 6.51. The smallest absolute Gasteiger partial charge is 0.237 e. The number of rotatable bonds is 7. The number of hydrogen-bond acceptors (Lipinski definition) is 5. The van der Waals surface area contributed by atoms with E-state index in [1.807, 2.05) is 6.92 Å². The summed E-state index contributed by atoms with van der Waals surface area (Å²) in [6.07, 6.45) is 6.37. The van der Waals surface area contributed by atoms with E-state index in [0.717, 1.165) is 18.0 Å². The fourth-order valence-electron chi connectivity index (χ4n) is 2.05. The van der Waals surface area contributed by atoms with Crippen LogP contribution in [0.1, 0.15) is 33.1 Å². The summed E-state index contributed by atoms with van der Waals surface area (Å²) in [5.41, 5.74) is 4.90. The van der Waals surface area contributed by atoms with Gasteiger partial charge in [0, 0.05) is 23.7 Å². The van der Waals surface area contributed by atoms with Gasteiger partial charge in [0.2, 0.25) is 5.91 Å². The monoisotopic (exact) mass is 280 g/mol. The molecule has 6 heteroatoms. The number of carbonyl (C=O) groups is 1. The van der Waals surface area contributed by atoms with Gasteiger partial charge in [-0.15, -0.1) is 0 Å². The molecule has 2 atom stereocenters. The molecule has 19 heavy (non-hydrogen) atoms. The fraction of sp³-hybridized carbons (Fsp3) is 0.615. The van der Waals surface area contributed by atoms with Gasteiger partial charge in [0.15, 0.2) is 5.16 Å². The zero-order chi connectivity index (χ0) is 13.9. The molecule has 2 rings (SSSR count). The van der Waals surface area contributed by atoms with Crippen molar-refractivity contribution in [3.8, 4) is 0 Å². The minimum atomic E-state index is -0.650. The highest BCUT2D eigenvalue weighted by Crippen LogP contribution is 2.29. The zero-order valence-corrected chi connectivity index (χ0v) is 12.1. The van der Waals surface area contributed by atoms with Crippen LogP contribution in [-0.4, -0.2) is 32.7 Å². The van der Waals surface area contributed by atoms with E-state index in [9.17, 15) is 4.79 Å². The highest BCUT2D eigenvalue weighted by molar-refractivity contribution is 7.99. The molecule has 0 spiro atoms. The minimum absolute atomic E-state index is 0.214. The molecule has 0 bridgehead atoms. The molecular weight excluding hydrogens is 260 g/mol. The Balaban J connectivity index is 1.94. The fourth-order valence-corrected chi connectivity index (χ4v) is 3.07. The minimum Gasteiger partial charge on any atom is -0.368 e. The highest BCUT2D eigenvalue weighted by atomic mass is 32.2. The standard InChI is InChI=1S/C13H20N4OS/c1-9(19-12-15-6-3-7-16-12)8-13(2,11(14)18)17-10-4-5-10/h3,6-7,9-10,17H,4-5,8H2,1-2H3,(H2,14,18). The van der Waals surface area contributed by atoms with Gasteiger partial charge in [0.25, 0.3) is 0 Å². The van der Waals surface area contributed by atoms with E-state index in [1.165, 1.54) is 0 Å². The van der Waals surface area contributed by atoms with E-state index in [2.05, 4.69) is 22.2 Å². The largest absolute Gasteiger partial charge is 0.368 e. The summed E-state index contributed by atoms with van der Waals surface area (Å²) in [6, 6.07) is 2.24. The molecule has 0 aliphatic heterocycles. The molecule has 3 N–H and O–H groups in total. The summed E-state index contributed by atoms with van der Waals surface area (Å²) in [6.45, 7) is 3.95. The molecule has 0 radical (unpaired) electrons. The maximum absolute atomic E-state index is 11.7. The molecule has 0 aromatic carbocycles. The first-order chi connectivity index (χ1) is 8.99. The number of hydrogen-bond donors (Lipinski definition) is 2. The molecule has 1 fully saturated rings. The van der Waals surface area contributed by atoms with Gasteiger partial charge in [0.1, 0.15) is 0 Å². The molecule has 1 amide bonds. The highest BCUT2D eigenvalue weighted by Gasteiger charge is 2.38. The maximum atomic E-state index is 11.7. The topological polar surface area (TPSA) is 80.9 Å². The van der Waals surface area contributed by atoms with Gasteiger partial charge in [-0.2, -0.15) is 0 Å². The Bertz CT molecular complexity index is 438. The molecule has 1 aliphatic rings. The zero-order valence-electron chi connectivity index (χ0n) is 11.3. The molecule has 5 nitrogen and oxygen atoms in total. The number of amides is 1. The van der Waals surface area contributed by atoms with E-state index in [1.54, 1.807) is 30.2 Å². The van der Waals surface area contributed by atoms with Crippen LogP contribution in [0.25, 0.3) is 0 Å². The van der Waals surface area contributed by atoms with Gasteiger partial charge < -0.3 is 11.1 Å². The van der Waals surface area contributed by atoms with Gasteiger partial charge in [-0.25, -0.2) is 9.97 Å². The number of nitrogens with two attached hydrogens (primary N) is 1. The van der Waals surface area contributed by atoms with Crippen molar-refractivity contribution in [2.45, 2.75) is 55.1 Å². The van der Waals surface area contributed by atoms with Crippen LogP contribution in [0.2, 0.25) is 0 Å². The summed E-state index contributed by atoms with van der Waals surface area (Å²) in [5.74, 6) is -0.291. The SMILES string of the molecule is CC(CC(C)(NC1CC1)C(N)=O)Sc1ncccn1. The van der Waals surface area contributed by atoms with Crippen molar-refractivity contribution < 1.29 is 4.79 Å². The third-order valence-electron chi connectivity index (χ3n) is 3.19. The summed E-state index contributed by atoms with van der Waals surface area (Å²) in [5, 5.41) is 4.30. The summed E-state index contributed by atoms with van der Waals surface area (Å²) in [7, 11) is 0. The number of aromatic nitrogens is 2. The molecule has 0 saturated heterocycles. The van der Waals surface area contributed by atoms with Gasteiger partial charge >= 0.3 is 0 Å². The predicted octanol–water partition coefficient (Wildman–Crippen LogP) is 1.34. The first-order valence-corrected chi connectivity index (χ1v) is 7.39.